The van der Waals surface area contributed by atoms with E-state index in [2.05, 4.69) is 9.72 Å². The number of rotatable bonds is 2. The van der Waals surface area contributed by atoms with Crippen LogP contribution in [-0.4, -0.2) is 12.1 Å². The van der Waals surface area contributed by atoms with Gasteiger partial charge in [-0.1, -0.05) is 19.9 Å². The van der Waals surface area contributed by atoms with Crippen molar-refractivity contribution in [1.82, 2.24) is 4.98 Å². The van der Waals surface area contributed by atoms with E-state index in [9.17, 15) is 13.2 Å². The molecule has 84 valence electrons. The Labute approximate surface area is 86.1 Å². The zero-order valence-corrected chi connectivity index (χ0v) is 8.72. The van der Waals surface area contributed by atoms with E-state index in [1.165, 1.54) is 19.2 Å². The number of ether oxygens (including phenoxy) is 1. The summed E-state index contributed by atoms with van der Waals surface area (Å²) in [4.78, 5) is 3.44. The zero-order valence-electron chi connectivity index (χ0n) is 8.72. The van der Waals surface area contributed by atoms with E-state index in [1.807, 2.05) is 0 Å². The lowest BCUT2D eigenvalue weighted by Crippen LogP contribution is -2.13. The van der Waals surface area contributed by atoms with Crippen molar-refractivity contribution in [3.05, 3.63) is 23.4 Å². The van der Waals surface area contributed by atoms with Crippen LogP contribution in [0.3, 0.4) is 0 Å². The molecule has 0 N–H and O–H groups in total. The Bertz CT molecular complexity index is 347. The van der Waals surface area contributed by atoms with Crippen LogP contribution in [0.5, 0.6) is 5.88 Å². The van der Waals surface area contributed by atoms with Crippen LogP contribution < -0.4 is 4.74 Å². The molecule has 1 aromatic heterocycles. The first-order valence-electron chi connectivity index (χ1n) is 4.48. The topological polar surface area (TPSA) is 22.1 Å². The molecular formula is C10H12F3NO. The van der Waals surface area contributed by atoms with Gasteiger partial charge in [-0.3, -0.25) is 0 Å². The lowest BCUT2D eigenvalue weighted by atomic mass is 10.0. The fourth-order valence-electron chi connectivity index (χ4n) is 1.26. The minimum atomic E-state index is -4.44. The molecule has 15 heavy (non-hydrogen) atoms. The summed E-state index contributed by atoms with van der Waals surface area (Å²) in [7, 11) is 1.29. The Balaban J connectivity index is 3.29. The predicted octanol–water partition coefficient (Wildman–Crippen LogP) is 3.23. The summed E-state index contributed by atoms with van der Waals surface area (Å²) in [5.74, 6) is -0.244. The lowest BCUT2D eigenvalue weighted by molar-refractivity contribution is -0.142. The molecule has 0 saturated heterocycles. The number of hydrogen-bond donors (Lipinski definition) is 0. The van der Waals surface area contributed by atoms with Crippen molar-refractivity contribution >= 4 is 0 Å². The molecule has 0 saturated carbocycles. The molecule has 1 heterocycles. The Hall–Kier alpha value is -1.26. The van der Waals surface area contributed by atoms with Crippen molar-refractivity contribution in [2.45, 2.75) is 25.9 Å². The normalized spacial score (nSPS) is 11.9. The SMILES string of the molecule is COc1ccc(C(C)C)c(C(F)(F)F)n1. The Morgan fingerprint density at radius 3 is 2.27 bits per heavy atom. The molecule has 0 bridgehead atoms. The molecule has 0 atom stereocenters. The van der Waals surface area contributed by atoms with Crippen molar-refractivity contribution in [3.8, 4) is 5.88 Å². The Kier molecular flexibility index (Phi) is 3.21. The molecule has 0 aliphatic heterocycles. The second-order valence-corrected chi connectivity index (χ2v) is 3.44. The van der Waals surface area contributed by atoms with Crippen LogP contribution in [0.1, 0.15) is 31.0 Å². The quantitative estimate of drug-likeness (QED) is 0.761. The van der Waals surface area contributed by atoms with Crippen molar-refractivity contribution < 1.29 is 17.9 Å². The highest BCUT2D eigenvalue weighted by Crippen LogP contribution is 2.34. The average molecular weight is 219 g/mol. The summed E-state index contributed by atoms with van der Waals surface area (Å²) in [6.45, 7) is 3.39. The van der Waals surface area contributed by atoms with E-state index < -0.39 is 11.9 Å². The summed E-state index contributed by atoms with van der Waals surface area (Å²) in [5.41, 5.74) is -0.680. The number of halogens is 3. The first-order chi connectivity index (χ1) is 6.86. The first kappa shape index (κ1) is 11.8. The monoisotopic (exact) mass is 219 g/mol. The van der Waals surface area contributed by atoms with Gasteiger partial charge in [0.1, 0.15) is 0 Å². The van der Waals surface area contributed by atoms with Crippen LogP contribution in [0, 0.1) is 0 Å². The Morgan fingerprint density at radius 2 is 1.87 bits per heavy atom. The zero-order chi connectivity index (χ0) is 11.6. The first-order valence-corrected chi connectivity index (χ1v) is 4.48. The summed E-state index contributed by atoms with van der Waals surface area (Å²) in [5, 5.41) is 0. The second-order valence-electron chi connectivity index (χ2n) is 3.44. The van der Waals surface area contributed by atoms with E-state index in [0.717, 1.165) is 0 Å². The molecular weight excluding hydrogens is 207 g/mol. The highest BCUT2D eigenvalue weighted by atomic mass is 19.4. The third-order valence-corrected chi connectivity index (χ3v) is 2.00. The number of pyridine rings is 1. The van der Waals surface area contributed by atoms with Crippen LogP contribution >= 0.6 is 0 Å². The molecule has 1 aromatic rings. The molecule has 0 amide bonds. The maximum absolute atomic E-state index is 12.6. The van der Waals surface area contributed by atoms with Crippen LogP contribution in [0.4, 0.5) is 13.2 Å². The highest BCUT2D eigenvalue weighted by molar-refractivity contribution is 5.30. The van der Waals surface area contributed by atoms with E-state index in [1.54, 1.807) is 13.8 Å². The van der Waals surface area contributed by atoms with Gasteiger partial charge in [0, 0.05) is 6.07 Å². The molecule has 1 rings (SSSR count). The second kappa shape index (κ2) is 4.08. The van der Waals surface area contributed by atoms with Crippen LogP contribution in [0.15, 0.2) is 12.1 Å². The molecule has 5 heteroatoms. The van der Waals surface area contributed by atoms with E-state index >= 15 is 0 Å². The maximum atomic E-state index is 12.6. The molecule has 0 spiro atoms. The number of alkyl halides is 3. The van der Waals surface area contributed by atoms with E-state index in [4.69, 9.17) is 0 Å². The van der Waals surface area contributed by atoms with Gasteiger partial charge in [0.2, 0.25) is 5.88 Å². The van der Waals surface area contributed by atoms with Gasteiger partial charge in [0.25, 0.3) is 0 Å². The minimum Gasteiger partial charge on any atom is -0.481 e. The van der Waals surface area contributed by atoms with Gasteiger partial charge in [0.15, 0.2) is 5.69 Å². The van der Waals surface area contributed by atoms with Crippen molar-refractivity contribution in [1.29, 1.82) is 0 Å². The van der Waals surface area contributed by atoms with Gasteiger partial charge in [-0.2, -0.15) is 13.2 Å². The van der Waals surface area contributed by atoms with E-state index in [-0.39, 0.29) is 17.4 Å². The van der Waals surface area contributed by atoms with Gasteiger partial charge in [-0.25, -0.2) is 4.98 Å². The van der Waals surface area contributed by atoms with Crippen LogP contribution in [0.25, 0.3) is 0 Å². The summed E-state index contributed by atoms with van der Waals surface area (Å²) >= 11 is 0. The number of nitrogens with zero attached hydrogens (tertiary/aromatic N) is 1. The van der Waals surface area contributed by atoms with Gasteiger partial charge < -0.3 is 4.74 Å². The maximum Gasteiger partial charge on any atom is 0.433 e. The van der Waals surface area contributed by atoms with Gasteiger partial charge in [-0.05, 0) is 11.5 Å². The summed E-state index contributed by atoms with van der Waals surface area (Å²) in [6, 6.07) is 2.84. The van der Waals surface area contributed by atoms with E-state index in [0.29, 0.717) is 0 Å². The standard InChI is InChI=1S/C10H12F3NO/c1-6(2)7-4-5-8(15-3)14-9(7)10(11,12)13/h4-6H,1-3H3. The van der Waals surface area contributed by atoms with Crippen LogP contribution in [0.2, 0.25) is 0 Å². The lowest BCUT2D eigenvalue weighted by Gasteiger charge is -2.14. The minimum absolute atomic E-state index is 0.0216. The molecule has 0 aliphatic carbocycles. The third-order valence-electron chi connectivity index (χ3n) is 2.00. The molecule has 0 aromatic carbocycles. The predicted molar refractivity (Wildman–Crippen MR) is 49.9 cm³/mol. The van der Waals surface area contributed by atoms with Crippen LogP contribution in [-0.2, 0) is 6.18 Å². The summed E-state index contributed by atoms with van der Waals surface area (Å²) in [6.07, 6.45) is -4.44. The van der Waals surface area contributed by atoms with Gasteiger partial charge in [-0.15, -0.1) is 0 Å². The number of hydrogen-bond acceptors (Lipinski definition) is 2. The van der Waals surface area contributed by atoms with Gasteiger partial charge in [0.05, 0.1) is 7.11 Å². The average Bonchev–Trinajstić information content (AvgIpc) is 2.15. The molecule has 0 unspecified atom stereocenters. The fourth-order valence-corrected chi connectivity index (χ4v) is 1.26. The highest BCUT2D eigenvalue weighted by Gasteiger charge is 2.36. The van der Waals surface area contributed by atoms with Crippen molar-refractivity contribution in [2.24, 2.45) is 0 Å². The number of aromatic nitrogens is 1. The molecule has 0 radical (unpaired) electrons. The fraction of sp³-hybridized carbons (Fsp3) is 0.500. The Morgan fingerprint density at radius 1 is 1.27 bits per heavy atom. The van der Waals surface area contributed by atoms with Gasteiger partial charge >= 0.3 is 6.18 Å². The molecule has 0 aliphatic rings. The summed E-state index contributed by atoms with van der Waals surface area (Å²) < 4.78 is 42.5. The largest absolute Gasteiger partial charge is 0.481 e. The smallest absolute Gasteiger partial charge is 0.433 e. The molecule has 0 fully saturated rings. The third kappa shape index (κ3) is 2.61. The molecule has 2 nitrogen and oxygen atoms in total. The number of methoxy groups -OCH3 is 1. The van der Waals surface area contributed by atoms with Crippen molar-refractivity contribution in [2.75, 3.05) is 7.11 Å². The van der Waals surface area contributed by atoms with Crippen molar-refractivity contribution in [3.63, 3.8) is 0 Å².